The monoisotopic (exact) mass is 428 g/mol. The normalized spacial score (nSPS) is 14.0. The van der Waals surface area contributed by atoms with Crippen molar-refractivity contribution >= 4 is 44.6 Å². The molecule has 1 aromatic heterocycles. The predicted octanol–water partition coefficient (Wildman–Crippen LogP) is 3.51. The molecule has 152 valence electrons. The summed E-state index contributed by atoms with van der Waals surface area (Å²) in [7, 11) is -3.95. The SMILES string of the molecule is Cc1nn2c(c1N=Nc1ccc(C(=O)O)cc1[N+](=O)[O-])Nc1ccccc1S2(=O)=O. The van der Waals surface area contributed by atoms with Crippen LogP contribution in [0.3, 0.4) is 0 Å². The first kappa shape index (κ1) is 19.2. The van der Waals surface area contributed by atoms with Crippen molar-refractivity contribution in [2.45, 2.75) is 11.8 Å². The van der Waals surface area contributed by atoms with Crippen molar-refractivity contribution in [1.82, 2.24) is 9.19 Å². The second-order valence-corrected chi connectivity index (χ2v) is 7.95. The Morgan fingerprint density at radius 1 is 1.23 bits per heavy atom. The Labute approximate surface area is 168 Å². The van der Waals surface area contributed by atoms with E-state index in [1.165, 1.54) is 13.0 Å². The Hall–Kier alpha value is -4.13. The molecule has 0 spiro atoms. The van der Waals surface area contributed by atoms with Gasteiger partial charge in [0.05, 0.1) is 21.9 Å². The van der Waals surface area contributed by atoms with E-state index < -0.39 is 26.6 Å². The van der Waals surface area contributed by atoms with Crippen LogP contribution in [0.1, 0.15) is 16.1 Å². The minimum Gasteiger partial charge on any atom is -0.478 e. The van der Waals surface area contributed by atoms with Crippen LogP contribution in [0.15, 0.2) is 57.6 Å². The lowest BCUT2D eigenvalue weighted by Gasteiger charge is -2.19. The van der Waals surface area contributed by atoms with Gasteiger partial charge in [0, 0.05) is 6.07 Å². The Bertz CT molecular complexity index is 1360. The molecule has 0 atom stereocenters. The van der Waals surface area contributed by atoms with Crippen molar-refractivity contribution in [3.8, 4) is 0 Å². The molecule has 13 heteroatoms. The maximum Gasteiger partial charge on any atom is 0.335 e. The van der Waals surface area contributed by atoms with Crippen molar-refractivity contribution in [3.63, 3.8) is 0 Å². The van der Waals surface area contributed by atoms with Gasteiger partial charge in [-0.05, 0) is 31.2 Å². The van der Waals surface area contributed by atoms with Crippen molar-refractivity contribution in [2.75, 3.05) is 5.32 Å². The van der Waals surface area contributed by atoms with Crippen LogP contribution in [0.2, 0.25) is 0 Å². The number of rotatable bonds is 4. The number of anilines is 2. The highest BCUT2D eigenvalue weighted by atomic mass is 32.2. The first-order valence-corrected chi connectivity index (χ1v) is 9.79. The first-order valence-electron chi connectivity index (χ1n) is 8.35. The van der Waals surface area contributed by atoms with E-state index in [0.717, 1.165) is 22.3 Å². The highest BCUT2D eigenvalue weighted by molar-refractivity contribution is 7.90. The average Bonchev–Trinajstić information content (AvgIpc) is 3.02. The third kappa shape index (κ3) is 2.97. The Balaban J connectivity index is 1.81. The number of aryl methyl sites for hydroxylation is 1. The van der Waals surface area contributed by atoms with Crippen molar-refractivity contribution < 1.29 is 23.2 Å². The highest BCUT2D eigenvalue weighted by Gasteiger charge is 2.33. The number of hydrogen-bond donors (Lipinski definition) is 2. The van der Waals surface area contributed by atoms with Gasteiger partial charge in [-0.2, -0.15) is 13.5 Å². The van der Waals surface area contributed by atoms with E-state index in [4.69, 9.17) is 5.11 Å². The first-order chi connectivity index (χ1) is 14.2. The standard InChI is InChI=1S/C17H12N6O6S/c1-9-15(20-19-11-7-6-10(17(24)25)8-13(11)23(26)27)16-18-12-4-2-3-5-14(12)30(28,29)22(16)21-9/h2-8,18H,1H3,(H,24,25). The number of nitro groups is 1. The van der Waals surface area contributed by atoms with Crippen LogP contribution in [0.25, 0.3) is 0 Å². The van der Waals surface area contributed by atoms with Gasteiger partial charge < -0.3 is 10.4 Å². The van der Waals surface area contributed by atoms with Crippen molar-refractivity contribution in [1.29, 1.82) is 0 Å². The molecule has 0 fully saturated rings. The molecule has 1 aliphatic rings. The van der Waals surface area contributed by atoms with Gasteiger partial charge in [0.25, 0.3) is 15.7 Å². The summed E-state index contributed by atoms with van der Waals surface area (Å²) >= 11 is 0. The number of benzene rings is 2. The number of carboxylic acid groups (broad SMARTS) is 1. The van der Waals surface area contributed by atoms with Crippen LogP contribution >= 0.6 is 0 Å². The molecule has 2 aromatic carbocycles. The Morgan fingerprint density at radius 3 is 2.67 bits per heavy atom. The molecule has 0 radical (unpaired) electrons. The number of nitrogens with one attached hydrogen (secondary N) is 1. The fourth-order valence-electron chi connectivity index (χ4n) is 2.90. The molecule has 2 heterocycles. The van der Waals surface area contributed by atoms with Gasteiger partial charge in [-0.15, -0.1) is 14.3 Å². The number of para-hydroxylation sites is 1. The summed E-state index contributed by atoms with van der Waals surface area (Å²) in [4.78, 5) is 21.6. The fraction of sp³-hybridized carbons (Fsp3) is 0.0588. The smallest absolute Gasteiger partial charge is 0.335 e. The lowest BCUT2D eigenvalue weighted by molar-refractivity contribution is -0.384. The number of fused-ring (bicyclic) bond motifs is 2. The number of carboxylic acids is 1. The summed E-state index contributed by atoms with van der Waals surface area (Å²) in [6.45, 7) is 1.52. The fourth-order valence-corrected chi connectivity index (χ4v) is 4.34. The second kappa shape index (κ2) is 6.73. The van der Waals surface area contributed by atoms with Crippen LogP contribution < -0.4 is 5.32 Å². The van der Waals surface area contributed by atoms with Gasteiger partial charge in [0.1, 0.15) is 4.90 Å². The molecule has 1 aliphatic heterocycles. The summed E-state index contributed by atoms with van der Waals surface area (Å²) in [6.07, 6.45) is 0. The molecule has 0 bridgehead atoms. The van der Waals surface area contributed by atoms with Gasteiger partial charge in [0.15, 0.2) is 17.2 Å². The summed E-state index contributed by atoms with van der Waals surface area (Å²) in [5.41, 5.74) is -0.388. The number of hydrogen-bond acceptors (Lipinski definition) is 9. The van der Waals surface area contributed by atoms with E-state index in [-0.39, 0.29) is 33.3 Å². The number of aromatic carboxylic acids is 1. The largest absolute Gasteiger partial charge is 0.478 e. The molecule has 0 aliphatic carbocycles. The van der Waals surface area contributed by atoms with Crippen LogP contribution in [-0.2, 0) is 10.0 Å². The van der Waals surface area contributed by atoms with E-state index in [0.29, 0.717) is 5.69 Å². The second-order valence-electron chi connectivity index (χ2n) is 6.22. The Kier molecular flexibility index (Phi) is 4.31. The minimum atomic E-state index is -3.95. The van der Waals surface area contributed by atoms with Gasteiger partial charge in [-0.1, -0.05) is 12.1 Å². The topological polar surface area (TPSA) is 169 Å². The van der Waals surface area contributed by atoms with Crippen LogP contribution in [0.5, 0.6) is 0 Å². The van der Waals surface area contributed by atoms with Gasteiger partial charge >= 0.3 is 5.97 Å². The maximum atomic E-state index is 12.8. The third-order valence-corrected chi connectivity index (χ3v) is 5.95. The van der Waals surface area contributed by atoms with Crippen LogP contribution in [0, 0.1) is 17.0 Å². The number of azo groups is 1. The number of aromatic nitrogens is 2. The molecule has 0 unspecified atom stereocenters. The lowest BCUT2D eigenvalue weighted by Crippen LogP contribution is -2.22. The molecule has 0 saturated carbocycles. The number of carbonyl (C=O) groups is 1. The van der Waals surface area contributed by atoms with Crippen molar-refractivity contribution in [2.24, 2.45) is 10.2 Å². The van der Waals surface area contributed by atoms with E-state index in [1.54, 1.807) is 18.2 Å². The highest BCUT2D eigenvalue weighted by Crippen LogP contribution is 2.41. The summed E-state index contributed by atoms with van der Waals surface area (Å²) in [5.74, 6) is -1.28. The third-order valence-electron chi connectivity index (χ3n) is 4.32. The van der Waals surface area contributed by atoms with Gasteiger partial charge in [-0.3, -0.25) is 10.1 Å². The lowest BCUT2D eigenvalue weighted by atomic mass is 10.2. The molecular formula is C17H12N6O6S. The molecule has 30 heavy (non-hydrogen) atoms. The van der Waals surface area contributed by atoms with E-state index in [1.807, 2.05) is 0 Å². The molecular weight excluding hydrogens is 416 g/mol. The van der Waals surface area contributed by atoms with E-state index in [2.05, 4.69) is 20.6 Å². The van der Waals surface area contributed by atoms with Gasteiger partial charge in [0.2, 0.25) is 0 Å². The summed E-state index contributed by atoms with van der Waals surface area (Å²) in [5, 5.41) is 35.1. The molecule has 0 saturated heterocycles. The van der Waals surface area contributed by atoms with Crippen LogP contribution in [0.4, 0.5) is 28.6 Å². The molecule has 0 amide bonds. The summed E-state index contributed by atoms with van der Waals surface area (Å²) in [6, 6.07) is 9.44. The molecule has 2 N–H and O–H groups in total. The zero-order valence-electron chi connectivity index (χ0n) is 15.2. The molecule has 4 rings (SSSR count). The Morgan fingerprint density at radius 2 is 1.97 bits per heavy atom. The number of nitrogens with zero attached hydrogens (tertiary/aromatic N) is 5. The maximum absolute atomic E-state index is 12.8. The zero-order valence-corrected chi connectivity index (χ0v) is 16.0. The molecule has 12 nitrogen and oxygen atoms in total. The van der Waals surface area contributed by atoms with Crippen molar-refractivity contribution in [3.05, 3.63) is 63.8 Å². The van der Waals surface area contributed by atoms with Gasteiger partial charge in [-0.25, -0.2) is 4.79 Å². The van der Waals surface area contributed by atoms with E-state index >= 15 is 0 Å². The summed E-state index contributed by atoms with van der Waals surface area (Å²) < 4.78 is 26.4. The molecule has 3 aromatic rings. The van der Waals surface area contributed by atoms with E-state index in [9.17, 15) is 23.3 Å². The number of nitro benzene ring substituents is 1. The predicted molar refractivity (Wildman–Crippen MR) is 104 cm³/mol. The van der Waals surface area contributed by atoms with Crippen LogP contribution in [-0.4, -0.2) is 33.6 Å². The minimum absolute atomic E-state index is 0.0414. The quantitative estimate of drug-likeness (QED) is 0.282. The average molecular weight is 428 g/mol. The zero-order chi connectivity index (χ0) is 21.6.